The van der Waals surface area contributed by atoms with Crippen LogP contribution in [0.25, 0.3) is 0 Å². The SMILES string of the molecule is C.N.O=C1CCCCCN1.O=C1CCCCC[NH2+]1.O=S(=O)(O)O.O=S(=O)=O.O=S([O-])O[O-].ON=C1CCCCC1. The van der Waals surface area contributed by atoms with Crippen LogP contribution >= 0.6 is 0 Å². The Labute approximate surface area is 239 Å². The van der Waals surface area contributed by atoms with Crippen LogP contribution in [0.1, 0.15) is 90.9 Å². The molecule has 0 aromatic heterocycles. The molecule has 0 bridgehead atoms. The van der Waals surface area contributed by atoms with Gasteiger partial charge in [-0.3, -0.25) is 19.2 Å². The summed E-state index contributed by atoms with van der Waals surface area (Å²) in [6, 6.07) is 0. The number of nitrogens with one attached hydrogen (secondary N) is 1. The van der Waals surface area contributed by atoms with Crippen molar-refractivity contribution >= 4 is 49.9 Å². The van der Waals surface area contributed by atoms with Crippen LogP contribution in [0.4, 0.5) is 0 Å². The first-order valence-electron chi connectivity index (χ1n) is 11.4. The quantitative estimate of drug-likeness (QED) is 0.0675. The molecule has 9 N–H and O–H groups in total. The first kappa shape index (κ1) is 47.8. The number of nitrogens with zero attached hydrogens (tertiary/aromatic N) is 1. The van der Waals surface area contributed by atoms with Gasteiger partial charge >= 0.3 is 26.9 Å². The van der Waals surface area contributed by atoms with E-state index in [9.17, 15) is 9.59 Å². The van der Waals surface area contributed by atoms with Crippen LogP contribution < -0.4 is 22.0 Å². The average Bonchev–Trinajstić information content (AvgIpc) is 3.23. The summed E-state index contributed by atoms with van der Waals surface area (Å²) in [4.78, 5) is 21.2. The molecule has 3 rings (SSSR count). The molecule has 3 aliphatic rings. The molecule has 21 heteroatoms. The van der Waals surface area contributed by atoms with Gasteiger partial charge in [0.15, 0.2) is 0 Å². The molecule has 3 fully saturated rings. The summed E-state index contributed by atoms with van der Waals surface area (Å²) in [5.41, 5.74) is 0.983. The van der Waals surface area contributed by atoms with Crippen LogP contribution in [0, 0.1) is 0 Å². The molecule has 40 heavy (non-hydrogen) atoms. The largest absolute Gasteiger partial charge is 0.750 e. The van der Waals surface area contributed by atoms with Gasteiger partial charge in [0.1, 0.15) is 0 Å². The molecule has 0 spiro atoms. The van der Waals surface area contributed by atoms with Crippen LogP contribution in [0.3, 0.4) is 0 Å². The third-order valence-corrected chi connectivity index (χ3v) is 4.64. The zero-order valence-electron chi connectivity index (χ0n) is 21.4. The minimum absolute atomic E-state index is 0. The van der Waals surface area contributed by atoms with E-state index in [-0.39, 0.29) is 19.5 Å². The topological polar surface area (TPSA) is 329 Å². The van der Waals surface area contributed by atoms with Gasteiger partial charge in [0.2, 0.25) is 5.91 Å². The van der Waals surface area contributed by atoms with E-state index in [2.05, 4.69) is 14.8 Å². The molecule has 1 aliphatic carbocycles. The molecule has 0 radical (unpaired) electrons. The average molecular weight is 648 g/mol. The number of primary amides is 1. The summed E-state index contributed by atoms with van der Waals surface area (Å²) >= 11 is -2.88. The number of oxime groups is 1. The number of nitrogens with two attached hydrogens (primary N) is 1. The van der Waals surface area contributed by atoms with Gasteiger partial charge in [-0.1, -0.05) is 25.4 Å². The lowest BCUT2D eigenvalue weighted by Crippen LogP contribution is -2.87. The third kappa shape index (κ3) is 56.3. The van der Waals surface area contributed by atoms with E-state index >= 15 is 0 Å². The van der Waals surface area contributed by atoms with Gasteiger partial charge < -0.3 is 30.8 Å². The Bertz CT molecular complexity index is 833. The molecule has 1 atom stereocenters. The highest BCUT2D eigenvalue weighted by molar-refractivity contribution is 7.79. The summed E-state index contributed by atoms with van der Waals surface area (Å²) in [7, 11) is -7.78. The van der Waals surface area contributed by atoms with Crippen molar-refractivity contribution in [1.29, 1.82) is 0 Å². The fourth-order valence-corrected chi connectivity index (χ4v) is 2.95. The Morgan fingerprint density at radius 2 is 1.25 bits per heavy atom. The standard InChI is InChI=1S/3C6H11NO.CH4.H3N.2H2O4S.O3S/c2*8-6-4-2-1-3-5-7-6;8-7-6-4-2-1-3-5-6;;;1-5(2,3)4;1-4-5(2)3;1-4(2)3/h2*1-5H2,(H,7,8);8H,1-5H2;1H4;1H3;(H2,1,2,3,4);1H,(H,2,3);/p-1. The van der Waals surface area contributed by atoms with E-state index < -0.39 is 32.4 Å². The maximum atomic E-state index is 10.6. The Balaban J connectivity index is -0.000000124. The smallest absolute Gasteiger partial charge is 0.425 e. The van der Waals surface area contributed by atoms with Crippen molar-refractivity contribution in [2.45, 2.75) is 90.9 Å². The zero-order chi connectivity index (χ0) is 29.8. The number of rotatable bonds is 1. The van der Waals surface area contributed by atoms with Crippen LogP contribution in [-0.2, 0) is 46.3 Å². The summed E-state index contributed by atoms with van der Waals surface area (Å²) < 4.78 is 77.0. The summed E-state index contributed by atoms with van der Waals surface area (Å²) in [6.07, 6.45) is 14.3. The van der Waals surface area contributed by atoms with Gasteiger partial charge in [-0.25, -0.2) is 9.00 Å². The molecule has 18 nitrogen and oxygen atoms in total. The van der Waals surface area contributed by atoms with E-state index in [1.165, 1.54) is 38.5 Å². The molecule has 2 saturated heterocycles. The number of hydrogen-bond donors (Lipinski definition) is 6. The van der Waals surface area contributed by atoms with Crippen molar-refractivity contribution in [2.24, 2.45) is 5.16 Å². The Morgan fingerprint density at radius 3 is 1.68 bits per heavy atom. The third-order valence-electron chi connectivity index (χ3n) is 4.53. The number of quaternary nitrogens is 1. The Kier molecular flexibility index (Phi) is 39.8. The number of amides is 2. The van der Waals surface area contributed by atoms with E-state index in [0.717, 1.165) is 63.7 Å². The highest BCUT2D eigenvalue weighted by atomic mass is 32.3. The summed E-state index contributed by atoms with van der Waals surface area (Å²) in [5.74, 6) is 0.574. The van der Waals surface area contributed by atoms with E-state index in [4.69, 9.17) is 49.4 Å². The monoisotopic (exact) mass is 647 g/mol. The second-order valence-corrected chi connectivity index (χ2v) is 9.43. The highest BCUT2D eigenvalue weighted by Crippen LogP contribution is 2.13. The van der Waals surface area contributed by atoms with Crippen LogP contribution in [0.5, 0.6) is 0 Å². The minimum Gasteiger partial charge on any atom is -0.750 e. The maximum absolute atomic E-state index is 10.6. The molecule has 242 valence electrons. The lowest BCUT2D eigenvalue weighted by atomic mass is 9.99. The van der Waals surface area contributed by atoms with Crippen molar-refractivity contribution in [2.75, 3.05) is 13.1 Å². The molecule has 0 aromatic rings. The predicted molar refractivity (Wildman–Crippen MR) is 140 cm³/mol. The van der Waals surface area contributed by atoms with Crippen molar-refractivity contribution < 1.29 is 68.6 Å². The molecule has 2 amide bonds. The first-order valence-corrected chi connectivity index (χ1v) is 14.8. The number of hydrogen-bond acceptors (Lipinski definition) is 14. The summed E-state index contributed by atoms with van der Waals surface area (Å²) in [6.45, 7) is 1.90. The fourth-order valence-electron chi connectivity index (χ4n) is 2.95. The van der Waals surface area contributed by atoms with E-state index in [1.54, 1.807) is 0 Å². The highest BCUT2D eigenvalue weighted by Gasteiger charge is 2.08. The van der Waals surface area contributed by atoms with Gasteiger partial charge in [-0.05, 0) is 57.8 Å². The number of carbonyl (C=O) groups excluding carboxylic acids is 2. The minimum atomic E-state index is -4.67. The van der Waals surface area contributed by atoms with Crippen molar-refractivity contribution in [3.05, 3.63) is 0 Å². The Morgan fingerprint density at radius 1 is 0.850 bits per heavy atom. The van der Waals surface area contributed by atoms with Gasteiger partial charge in [-0.15, -0.1) is 12.6 Å². The normalized spacial score (nSPS) is 16.9. The van der Waals surface area contributed by atoms with E-state index in [0.29, 0.717) is 5.91 Å². The second kappa shape index (κ2) is 33.3. The fraction of sp³-hybridized carbons (Fsp3) is 0.842. The molecule has 0 aromatic carbocycles. The Hall–Kier alpha value is -1.95. The van der Waals surface area contributed by atoms with Crippen LogP contribution in [0.2, 0.25) is 0 Å². The lowest BCUT2D eigenvalue weighted by Gasteiger charge is -2.08. The molecular formula is C19H43N4O14S3-. The van der Waals surface area contributed by atoms with Gasteiger partial charge in [0.25, 0.3) is 0 Å². The van der Waals surface area contributed by atoms with Crippen molar-refractivity contribution in [3.63, 3.8) is 0 Å². The maximum Gasteiger partial charge on any atom is 0.425 e. The lowest BCUT2D eigenvalue weighted by molar-refractivity contribution is -0.635. The van der Waals surface area contributed by atoms with Crippen LogP contribution in [-0.4, -0.2) is 74.7 Å². The van der Waals surface area contributed by atoms with Gasteiger partial charge in [0, 0.05) is 13.0 Å². The first-order chi connectivity index (χ1) is 17.7. The van der Waals surface area contributed by atoms with E-state index in [1.807, 2.05) is 5.32 Å². The summed E-state index contributed by atoms with van der Waals surface area (Å²) in [5, 5.41) is 24.6. The van der Waals surface area contributed by atoms with Gasteiger partial charge in [0.05, 0.1) is 30.0 Å². The number of carbonyl (C=O) groups is 2. The van der Waals surface area contributed by atoms with Crippen molar-refractivity contribution in [3.8, 4) is 0 Å². The molecule has 2 aliphatic heterocycles. The predicted octanol–water partition coefficient (Wildman–Crippen LogP) is -0.679. The molecular weight excluding hydrogens is 604 g/mol. The molecule has 2 heterocycles. The van der Waals surface area contributed by atoms with Crippen molar-refractivity contribution in [1.82, 2.24) is 11.5 Å². The molecule has 1 unspecified atom stereocenters. The zero-order valence-corrected chi connectivity index (χ0v) is 23.8. The molecule has 1 saturated carbocycles. The van der Waals surface area contributed by atoms with Gasteiger partial charge in [-0.2, -0.15) is 8.42 Å². The second-order valence-electron chi connectivity index (χ2n) is 7.58. The van der Waals surface area contributed by atoms with Crippen LogP contribution in [0.15, 0.2) is 5.16 Å².